The van der Waals surface area contributed by atoms with Gasteiger partial charge in [0.2, 0.25) is 0 Å². The van der Waals surface area contributed by atoms with Gasteiger partial charge in [-0.05, 0) is 20.4 Å². The molecule has 0 rings (SSSR count). The molecule has 0 aliphatic carbocycles. The molecule has 0 fully saturated rings. The molecule has 0 amide bonds. The molecule has 0 radical (unpaired) electrons. The average molecular weight is 238 g/mol. The van der Waals surface area contributed by atoms with E-state index in [2.05, 4.69) is 10.1 Å². The predicted octanol–water partition coefficient (Wildman–Crippen LogP) is 2.24. The molecule has 1 N–H and O–H groups in total. The van der Waals surface area contributed by atoms with Gasteiger partial charge in [-0.1, -0.05) is 6.92 Å². The van der Waals surface area contributed by atoms with Crippen molar-refractivity contribution < 1.29 is 17.9 Å². The van der Waals surface area contributed by atoms with E-state index in [0.29, 0.717) is 6.54 Å². The first-order valence-corrected chi connectivity index (χ1v) is 5.07. The van der Waals surface area contributed by atoms with Gasteiger partial charge < -0.3 is 4.74 Å². The summed E-state index contributed by atoms with van der Waals surface area (Å²) in [5, 5.41) is 11.8. The van der Waals surface area contributed by atoms with Crippen LogP contribution in [0.1, 0.15) is 27.2 Å². The van der Waals surface area contributed by atoms with Crippen molar-refractivity contribution in [3.8, 4) is 6.07 Å². The molecule has 2 unspecified atom stereocenters. The second-order valence-corrected chi connectivity index (χ2v) is 3.92. The van der Waals surface area contributed by atoms with Crippen LogP contribution in [0.5, 0.6) is 0 Å². The minimum atomic E-state index is -4.32. The van der Waals surface area contributed by atoms with Gasteiger partial charge >= 0.3 is 6.18 Å². The van der Waals surface area contributed by atoms with E-state index in [1.807, 2.05) is 13.0 Å². The first-order chi connectivity index (χ1) is 7.22. The quantitative estimate of drug-likeness (QED) is 0.771. The molecule has 0 heterocycles. The number of ether oxygens (including phenoxy) is 1. The standard InChI is InChI=1S/C10H17F3N2O/c1-4-15-9(3,6-14)5-8(2)16-7-10(11,12)13/h8,15H,4-5,7H2,1-3H3. The summed E-state index contributed by atoms with van der Waals surface area (Å²) in [7, 11) is 0. The fraction of sp³-hybridized carbons (Fsp3) is 0.900. The van der Waals surface area contributed by atoms with Gasteiger partial charge in [-0.15, -0.1) is 0 Å². The topological polar surface area (TPSA) is 45.0 Å². The molecule has 0 aromatic carbocycles. The van der Waals surface area contributed by atoms with E-state index >= 15 is 0 Å². The van der Waals surface area contributed by atoms with Gasteiger partial charge in [-0.2, -0.15) is 18.4 Å². The van der Waals surface area contributed by atoms with Gasteiger partial charge in [0.1, 0.15) is 12.1 Å². The van der Waals surface area contributed by atoms with E-state index in [9.17, 15) is 13.2 Å². The average Bonchev–Trinajstić information content (AvgIpc) is 2.14. The molecule has 0 aliphatic heterocycles. The first-order valence-electron chi connectivity index (χ1n) is 5.07. The molecule has 0 bridgehead atoms. The van der Waals surface area contributed by atoms with Crippen LogP contribution in [0, 0.1) is 11.3 Å². The highest BCUT2D eigenvalue weighted by atomic mass is 19.4. The Morgan fingerprint density at radius 2 is 2.00 bits per heavy atom. The van der Waals surface area contributed by atoms with Gasteiger partial charge in [-0.25, -0.2) is 0 Å². The Kier molecular flexibility index (Phi) is 5.76. The highest BCUT2D eigenvalue weighted by Crippen LogP contribution is 2.19. The van der Waals surface area contributed by atoms with Crippen LogP contribution in [0.4, 0.5) is 13.2 Å². The summed E-state index contributed by atoms with van der Waals surface area (Å²) in [4.78, 5) is 0. The Morgan fingerprint density at radius 3 is 2.38 bits per heavy atom. The number of halogens is 3. The maximum Gasteiger partial charge on any atom is 0.411 e. The van der Waals surface area contributed by atoms with E-state index in [-0.39, 0.29) is 6.42 Å². The summed E-state index contributed by atoms with van der Waals surface area (Å²) in [6.07, 6.45) is -4.73. The Balaban J connectivity index is 4.12. The second-order valence-electron chi connectivity index (χ2n) is 3.92. The van der Waals surface area contributed by atoms with Crippen LogP contribution in [0.15, 0.2) is 0 Å². The Bertz CT molecular complexity index is 249. The van der Waals surface area contributed by atoms with Crippen molar-refractivity contribution in [3.63, 3.8) is 0 Å². The number of hydrogen-bond acceptors (Lipinski definition) is 3. The zero-order valence-corrected chi connectivity index (χ0v) is 9.69. The predicted molar refractivity (Wildman–Crippen MR) is 53.8 cm³/mol. The fourth-order valence-electron chi connectivity index (χ4n) is 1.42. The molecule has 0 saturated carbocycles. The largest absolute Gasteiger partial charge is 0.411 e. The van der Waals surface area contributed by atoms with Gasteiger partial charge in [0, 0.05) is 6.42 Å². The van der Waals surface area contributed by atoms with Gasteiger partial charge in [-0.3, -0.25) is 5.32 Å². The monoisotopic (exact) mass is 238 g/mol. The maximum absolute atomic E-state index is 11.9. The first kappa shape index (κ1) is 15.2. The summed E-state index contributed by atoms with van der Waals surface area (Å²) < 4.78 is 40.3. The maximum atomic E-state index is 11.9. The van der Waals surface area contributed by atoms with Crippen LogP contribution in [0.25, 0.3) is 0 Å². The Labute approximate surface area is 93.6 Å². The third-order valence-electron chi connectivity index (χ3n) is 2.04. The van der Waals surface area contributed by atoms with Gasteiger partial charge in [0.05, 0.1) is 12.2 Å². The van der Waals surface area contributed by atoms with Gasteiger partial charge in [0.25, 0.3) is 0 Å². The molecule has 0 aromatic rings. The smallest absolute Gasteiger partial charge is 0.369 e. The Hall–Kier alpha value is -0.800. The van der Waals surface area contributed by atoms with Crippen molar-refractivity contribution in [2.75, 3.05) is 13.2 Å². The van der Waals surface area contributed by atoms with E-state index in [1.165, 1.54) is 6.92 Å². The van der Waals surface area contributed by atoms with Crippen LogP contribution >= 0.6 is 0 Å². The molecule has 94 valence electrons. The summed E-state index contributed by atoms with van der Waals surface area (Å²) in [6.45, 7) is 4.30. The lowest BCUT2D eigenvalue weighted by atomic mass is 9.96. The normalized spacial score (nSPS) is 17.6. The highest BCUT2D eigenvalue weighted by Gasteiger charge is 2.31. The lowest BCUT2D eigenvalue weighted by molar-refractivity contribution is -0.185. The lowest BCUT2D eigenvalue weighted by Crippen LogP contribution is -2.43. The van der Waals surface area contributed by atoms with E-state index in [4.69, 9.17) is 5.26 Å². The number of nitriles is 1. The zero-order chi connectivity index (χ0) is 12.8. The third-order valence-corrected chi connectivity index (χ3v) is 2.04. The van der Waals surface area contributed by atoms with Crippen LogP contribution in [-0.2, 0) is 4.74 Å². The van der Waals surface area contributed by atoms with Crippen molar-refractivity contribution in [1.29, 1.82) is 5.26 Å². The van der Waals surface area contributed by atoms with Crippen LogP contribution in [0.3, 0.4) is 0 Å². The molecular formula is C10H17F3N2O. The number of nitrogens with one attached hydrogen (secondary N) is 1. The van der Waals surface area contributed by atoms with Crippen molar-refractivity contribution in [1.82, 2.24) is 5.32 Å². The summed E-state index contributed by atoms with van der Waals surface area (Å²) in [5.74, 6) is 0. The van der Waals surface area contributed by atoms with Crippen molar-refractivity contribution in [3.05, 3.63) is 0 Å². The summed E-state index contributed by atoms with van der Waals surface area (Å²) >= 11 is 0. The van der Waals surface area contributed by atoms with Gasteiger partial charge in [0.15, 0.2) is 0 Å². The molecule has 0 aliphatic rings. The molecule has 16 heavy (non-hydrogen) atoms. The molecule has 3 nitrogen and oxygen atoms in total. The van der Waals surface area contributed by atoms with Crippen LogP contribution in [-0.4, -0.2) is 31.0 Å². The highest BCUT2D eigenvalue weighted by molar-refractivity contribution is 5.04. The molecule has 0 spiro atoms. The second kappa shape index (κ2) is 6.06. The molecular weight excluding hydrogens is 221 g/mol. The van der Waals surface area contributed by atoms with Crippen LogP contribution in [0.2, 0.25) is 0 Å². The minimum absolute atomic E-state index is 0.216. The minimum Gasteiger partial charge on any atom is -0.369 e. The van der Waals surface area contributed by atoms with Crippen molar-refractivity contribution >= 4 is 0 Å². The van der Waals surface area contributed by atoms with Crippen molar-refractivity contribution in [2.45, 2.75) is 45.0 Å². The SMILES string of the molecule is CCNC(C)(C#N)CC(C)OCC(F)(F)F. The zero-order valence-electron chi connectivity index (χ0n) is 9.69. The fourth-order valence-corrected chi connectivity index (χ4v) is 1.42. The molecule has 0 aromatic heterocycles. The molecule has 0 saturated heterocycles. The molecule has 2 atom stereocenters. The number of nitrogens with zero attached hydrogens (tertiary/aromatic N) is 1. The van der Waals surface area contributed by atoms with Crippen molar-refractivity contribution in [2.24, 2.45) is 0 Å². The number of rotatable bonds is 6. The van der Waals surface area contributed by atoms with Crippen LogP contribution < -0.4 is 5.32 Å². The number of alkyl halides is 3. The molecule has 6 heteroatoms. The Morgan fingerprint density at radius 1 is 1.44 bits per heavy atom. The van der Waals surface area contributed by atoms with E-state index < -0.39 is 24.4 Å². The summed E-state index contributed by atoms with van der Waals surface area (Å²) in [6, 6.07) is 2.04. The number of hydrogen-bond donors (Lipinski definition) is 1. The van der Waals surface area contributed by atoms with E-state index in [1.54, 1.807) is 6.92 Å². The lowest BCUT2D eigenvalue weighted by Gasteiger charge is -2.26. The third kappa shape index (κ3) is 6.64. The summed E-state index contributed by atoms with van der Waals surface area (Å²) in [5.41, 5.74) is -0.847. The van der Waals surface area contributed by atoms with E-state index in [0.717, 1.165) is 0 Å².